The number of aromatic nitrogens is 1. The molecule has 0 aromatic carbocycles. The first-order chi connectivity index (χ1) is 10.1. The van der Waals surface area contributed by atoms with E-state index in [1.165, 1.54) is 17.4 Å². The summed E-state index contributed by atoms with van der Waals surface area (Å²) in [6, 6.07) is 4.13. The number of carbonyl (C=O) groups excluding carboxylic acids is 1. The van der Waals surface area contributed by atoms with Crippen LogP contribution in [0.15, 0.2) is 28.1 Å². The molecule has 0 spiro atoms. The molecule has 1 aliphatic rings. The van der Waals surface area contributed by atoms with Crippen LogP contribution in [0.4, 0.5) is 0 Å². The molecule has 0 radical (unpaired) electrons. The Morgan fingerprint density at radius 3 is 2.95 bits per heavy atom. The van der Waals surface area contributed by atoms with Crippen molar-refractivity contribution >= 4 is 23.2 Å². The Balaban J connectivity index is 1.83. The van der Waals surface area contributed by atoms with E-state index in [1.54, 1.807) is 0 Å². The van der Waals surface area contributed by atoms with E-state index in [0.717, 1.165) is 9.78 Å². The number of hydrogen-bond acceptors (Lipinski definition) is 6. The smallest absolute Gasteiger partial charge is 0.326 e. The first-order valence-electron chi connectivity index (χ1n) is 6.28. The minimum absolute atomic E-state index is 0.0169. The van der Waals surface area contributed by atoms with Crippen molar-refractivity contribution in [1.29, 1.82) is 0 Å². The lowest BCUT2D eigenvalue weighted by Crippen LogP contribution is -2.40. The summed E-state index contributed by atoms with van der Waals surface area (Å²) in [6.45, 7) is -0.0169. The molecule has 2 atom stereocenters. The summed E-state index contributed by atoms with van der Waals surface area (Å²) in [6.07, 6.45) is -0.810. The van der Waals surface area contributed by atoms with Gasteiger partial charge in [-0.25, -0.2) is 4.79 Å². The van der Waals surface area contributed by atoms with Gasteiger partial charge in [-0.05, 0) is 11.4 Å². The molecule has 2 aromatic heterocycles. The molecule has 110 valence electrons. The molecule has 0 bridgehead atoms. The van der Waals surface area contributed by atoms with Crippen molar-refractivity contribution in [1.82, 2.24) is 10.1 Å². The maximum Gasteiger partial charge on any atom is 0.326 e. The number of nitrogens with zero attached hydrogens (tertiary/aromatic N) is 2. The van der Waals surface area contributed by atoms with Gasteiger partial charge in [-0.1, -0.05) is 11.2 Å². The van der Waals surface area contributed by atoms with Gasteiger partial charge in [0.2, 0.25) is 0 Å². The topological polar surface area (TPSA) is 104 Å². The Kier molecular flexibility index (Phi) is 3.48. The molecule has 1 amide bonds. The Labute approximate surface area is 123 Å². The zero-order valence-corrected chi connectivity index (χ0v) is 11.6. The third kappa shape index (κ3) is 2.55. The highest BCUT2D eigenvalue weighted by molar-refractivity contribution is 7.13. The van der Waals surface area contributed by atoms with Gasteiger partial charge >= 0.3 is 5.97 Å². The molecule has 1 unspecified atom stereocenters. The molecular weight excluding hydrogens is 296 g/mol. The molecule has 3 heterocycles. The second-order valence-electron chi connectivity index (χ2n) is 4.75. The number of carboxylic acid groups (broad SMARTS) is 1. The molecule has 1 saturated heterocycles. The van der Waals surface area contributed by atoms with Crippen LogP contribution in [-0.4, -0.2) is 50.8 Å². The minimum Gasteiger partial charge on any atom is -0.480 e. The number of hydrogen-bond donors (Lipinski definition) is 2. The fourth-order valence-electron chi connectivity index (χ4n) is 2.33. The molecule has 21 heavy (non-hydrogen) atoms. The fraction of sp³-hybridized carbons (Fsp3) is 0.308. The number of aliphatic carboxylic acids is 1. The molecule has 3 rings (SSSR count). The van der Waals surface area contributed by atoms with E-state index in [2.05, 4.69) is 5.16 Å². The number of β-amino-alcohol motifs (C(OH)–C–C–N with tert-alkyl or cyclic N) is 1. The molecule has 2 aromatic rings. The average Bonchev–Trinajstić information content (AvgIpc) is 3.17. The number of aliphatic hydroxyl groups excluding tert-OH is 1. The number of carbonyl (C=O) groups is 2. The third-order valence-electron chi connectivity index (χ3n) is 3.32. The third-order valence-corrected chi connectivity index (χ3v) is 4.20. The predicted molar refractivity (Wildman–Crippen MR) is 72.9 cm³/mol. The first kappa shape index (κ1) is 13.8. The maximum atomic E-state index is 12.3. The van der Waals surface area contributed by atoms with E-state index in [9.17, 15) is 14.7 Å². The molecule has 7 nitrogen and oxygen atoms in total. The second-order valence-corrected chi connectivity index (χ2v) is 5.70. The molecule has 2 N–H and O–H groups in total. The van der Waals surface area contributed by atoms with Crippen LogP contribution < -0.4 is 0 Å². The van der Waals surface area contributed by atoms with Crippen molar-refractivity contribution in [3.8, 4) is 10.6 Å². The Hall–Kier alpha value is -2.19. The van der Waals surface area contributed by atoms with Crippen LogP contribution in [0, 0.1) is 0 Å². The van der Waals surface area contributed by atoms with Gasteiger partial charge in [0, 0.05) is 19.0 Å². The Bertz CT molecular complexity index is 666. The summed E-state index contributed by atoms with van der Waals surface area (Å²) < 4.78 is 5.12. The number of likely N-dealkylation sites (tertiary alicyclic amines) is 1. The lowest BCUT2D eigenvalue weighted by atomic mass is 10.2. The van der Waals surface area contributed by atoms with E-state index in [4.69, 9.17) is 9.63 Å². The largest absolute Gasteiger partial charge is 0.480 e. The van der Waals surface area contributed by atoms with Crippen molar-refractivity contribution in [2.45, 2.75) is 18.6 Å². The van der Waals surface area contributed by atoms with E-state index in [-0.39, 0.29) is 18.7 Å². The van der Waals surface area contributed by atoms with E-state index >= 15 is 0 Å². The lowest BCUT2D eigenvalue weighted by Gasteiger charge is -2.19. The second kappa shape index (κ2) is 5.30. The molecule has 8 heteroatoms. The maximum absolute atomic E-state index is 12.3. The summed E-state index contributed by atoms with van der Waals surface area (Å²) in [4.78, 5) is 25.4. The van der Waals surface area contributed by atoms with Crippen molar-refractivity contribution in [3.63, 3.8) is 0 Å². The van der Waals surface area contributed by atoms with E-state index in [1.807, 2.05) is 17.5 Å². The zero-order chi connectivity index (χ0) is 15.0. The first-order valence-corrected chi connectivity index (χ1v) is 7.16. The van der Waals surface area contributed by atoms with Crippen LogP contribution in [-0.2, 0) is 4.79 Å². The number of aliphatic hydroxyl groups is 1. The monoisotopic (exact) mass is 308 g/mol. The van der Waals surface area contributed by atoms with E-state index < -0.39 is 24.0 Å². The molecular formula is C13H12N2O5S. The average molecular weight is 308 g/mol. The van der Waals surface area contributed by atoms with Gasteiger partial charge in [0.25, 0.3) is 5.91 Å². The highest BCUT2D eigenvalue weighted by atomic mass is 32.1. The van der Waals surface area contributed by atoms with Crippen molar-refractivity contribution < 1.29 is 24.3 Å². The van der Waals surface area contributed by atoms with Gasteiger partial charge in [0.05, 0.1) is 11.0 Å². The quantitative estimate of drug-likeness (QED) is 0.878. The normalized spacial score (nSPS) is 21.7. The van der Waals surface area contributed by atoms with Gasteiger partial charge in [-0.3, -0.25) is 4.79 Å². The Morgan fingerprint density at radius 1 is 1.48 bits per heavy atom. The van der Waals surface area contributed by atoms with Crippen LogP contribution in [0.25, 0.3) is 10.6 Å². The highest BCUT2D eigenvalue weighted by Gasteiger charge is 2.40. The number of carboxylic acids is 1. The van der Waals surface area contributed by atoms with Crippen molar-refractivity contribution in [2.75, 3.05) is 6.54 Å². The summed E-state index contributed by atoms with van der Waals surface area (Å²) in [5, 5.41) is 24.2. The SMILES string of the molecule is O=C(O)[C@@H]1CC(O)CN1C(=O)c1cc(-c2cccs2)on1. The summed E-state index contributed by atoms with van der Waals surface area (Å²) in [5.74, 6) is -1.23. The lowest BCUT2D eigenvalue weighted by molar-refractivity contribution is -0.141. The molecule has 0 saturated carbocycles. The molecule has 1 fully saturated rings. The fourth-order valence-corrected chi connectivity index (χ4v) is 3.00. The van der Waals surface area contributed by atoms with Gasteiger partial charge in [0.1, 0.15) is 6.04 Å². The number of thiophene rings is 1. The Morgan fingerprint density at radius 2 is 2.29 bits per heavy atom. The molecule has 1 aliphatic heterocycles. The summed E-state index contributed by atoms with van der Waals surface area (Å²) in [7, 11) is 0. The van der Waals surface area contributed by atoms with Crippen LogP contribution in [0.1, 0.15) is 16.9 Å². The number of rotatable bonds is 3. The number of amides is 1. The van der Waals surface area contributed by atoms with E-state index in [0.29, 0.717) is 5.76 Å². The molecule has 0 aliphatic carbocycles. The van der Waals surface area contributed by atoms with Gasteiger partial charge in [-0.2, -0.15) is 0 Å². The van der Waals surface area contributed by atoms with Crippen LogP contribution in [0.5, 0.6) is 0 Å². The summed E-state index contributed by atoms with van der Waals surface area (Å²) in [5.41, 5.74) is 0.0405. The zero-order valence-electron chi connectivity index (χ0n) is 10.8. The standard InChI is InChI=1S/C13H12N2O5S/c16-7-4-9(13(18)19)15(6-7)12(17)8-5-10(20-14-8)11-2-1-3-21-11/h1-3,5,7,9,16H,4,6H2,(H,18,19)/t7?,9-/m0/s1. The minimum atomic E-state index is -1.14. The van der Waals surface area contributed by atoms with Crippen molar-refractivity contribution in [3.05, 3.63) is 29.3 Å². The highest BCUT2D eigenvalue weighted by Crippen LogP contribution is 2.27. The van der Waals surface area contributed by atoms with Gasteiger partial charge in [-0.15, -0.1) is 11.3 Å². The summed E-state index contributed by atoms with van der Waals surface area (Å²) >= 11 is 1.45. The van der Waals surface area contributed by atoms with Gasteiger partial charge < -0.3 is 19.6 Å². The van der Waals surface area contributed by atoms with Gasteiger partial charge in [0.15, 0.2) is 11.5 Å². The van der Waals surface area contributed by atoms with Crippen LogP contribution in [0.2, 0.25) is 0 Å². The van der Waals surface area contributed by atoms with Crippen LogP contribution in [0.3, 0.4) is 0 Å². The predicted octanol–water partition coefficient (Wildman–Crippen LogP) is 1.06. The van der Waals surface area contributed by atoms with Crippen LogP contribution >= 0.6 is 11.3 Å². The van der Waals surface area contributed by atoms with Crippen molar-refractivity contribution in [2.24, 2.45) is 0 Å².